The molecule has 0 aliphatic heterocycles. The van der Waals surface area contributed by atoms with Crippen LogP contribution in [0.1, 0.15) is 12.5 Å². The summed E-state index contributed by atoms with van der Waals surface area (Å²) in [5.74, 6) is 0.829. The fourth-order valence-electron chi connectivity index (χ4n) is 7.66. The third-order valence-electron chi connectivity index (χ3n) is 10.0. The molecule has 0 fully saturated rings. The van der Waals surface area contributed by atoms with E-state index in [0.29, 0.717) is 0 Å². The molecule has 5 nitrogen and oxygen atoms in total. The van der Waals surface area contributed by atoms with Gasteiger partial charge in [-0.15, -0.1) is 0 Å². The van der Waals surface area contributed by atoms with Gasteiger partial charge in [-0.05, 0) is 95.9 Å². The van der Waals surface area contributed by atoms with Crippen LogP contribution in [0.2, 0.25) is 0 Å². The molecule has 4 heterocycles. The molecule has 0 spiro atoms. The number of aromatic nitrogens is 4. The van der Waals surface area contributed by atoms with Crippen LogP contribution in [0.5, 0.6) is 0 Å². The maximum absolute atomic E-state index is 6.42. The molecule has 0 atom stereocenters. The van der Waals surface area contributed by atoms with Gasteiger partial charge in [0, 0.05) is 27.5 Å². The minimum Gasteiger partial charge on any atom is -0.437 e. The molecule has 242 valence electrons. The van der Waals surface area contributed by atoms with Crippen molar-refractivity contribution in [3.63, 3.8) is 0 Å². The highest BCUT2D eigenvalue weighted by molar-refractivity contribution is 6.11. The number of hydrogen-bond acceptors (Lipinski definition) is 2. The Morgan fingerprint density at radius 2 is 1.31 bits per heavy atom. The first-order valence-electron chi connectivity index (χ1n) is 17.2. The first-order valence-corrected chi connectivity index (χ1v) is 17.2. The quantitative estimate of drug-likeness (QED) is 0.167. The van der Waals surface area contributed by atoms with E-state index in [2.05, 4.69) is 154 Å². The first kappa shape index (κ1) is 29.1. The second kappa shape index (κ2) is 11.4. The molecule has 5 heteroatoms. The lowest BCUT2D eigenvalue weighted by Crippen LogP contribution is -1.95. The SMILES string of the molecule is C=C/C=C\C(=C/C)c1ccc(-n2c3ccccc3c3cc(-c4ccc5c(c4)n(-c4ccccc4)c4nc6c7ccccc7oc6n54)ccc32)cc1. The van der Waals surface area contributed by atoms with E-state index < -0.39 is 0 Å². The molecular formula is C46H32N4O. The summed E-state index contributed by atoms with van der Waals surface area (Å²) in [6.07, 6.45) is 8.00. The smallest absolute Gasteiger partial charge is 0.234 e. The molecule has 4 aromatic heterocycles. The number of rotatable bonds is 6. The Morgan fingerprint density at radius 1 is 0.627 bits per heavy atom. The van der Waals surface area contributed by atoms with Gasteiger partial charge in [0.1, 0.15) is 11.1 Å². The summed E-state index contributed by atoms with van der Waals surface area (Å²) >= 11 is 0. The normalized spacial score (nSPS) is 12.5. The lowest BCUT2D eigenvalue weighted by molar-refractivity contribution is 0.651. The summed E-state index contributed by atoms with van der Waals surface area (Å²) in [5, 5.41) is 3.46. The van der Waals surface area contributed by atoms with Gasteiger partial charge in [0.2, 0.25) is 11.5 Å². The second-order valence-corrected chi connectivity index (χ2v) is 12.8. The Balaban J connectivity index is 1.15. The monoisotopic (exact) mass is 656 g/mol. The van der Waals surface area contributed by atoms with E-state index in [4.69, 9.17) is 9.40 Å². The van der Waals surface area contributed by atoms with Gasteiger partial charge in [-0.1, -0.05) is 104 Å². The van der Waals surface area contributed by atoms with Crippen molar-refractivity contribution in [2.24, 2.45) is 0 Å². The number of para-hydroxylation sites is 3. The van der Waals surface area contributed by atoms with Gasteiger partial charge in [-0.2, -0.15) is 0 Å². The van der Waals surface area contributed by atoms with Crippen molar-refractivity contribution < 1.29 is 4.42 Å². The highest BCUT2D eigenvalue weighted by Crippen LogP contribution is 2.38. The van der Waals surface area contributed by atoms with Crippen molar-refractivity contribution in [2.45, 2.75) is 6.92 Å². The summed E-state index contributed by atoms with van der Waals surface area (Å²) in [4.78, 5) is 5.18. The number of furan rings is 1. The molecule has 0 saturated carbocycles. The molecule has 0 N–H and O–H groups in total. The molecule has 0 amide bonds. The van der Waals surface area contributed by atoms with Crippen LogP contribution in [0.25, 0.3) is 88.9 Å². The molecule has 10 rings (SSSR count). The average molecular weight is 657 g/mol. The number of hydrogen-bond donors (Lipinski definition) is 0. The van der Waals surface area contributed by atoms with Crippen molar-refractivity contribution in [2.75, 3.05) is 0 Å². The van der Waals surface area contributed by atoms with E-state index in [0.717, 1.165) is 61.5 Å². The Labute approximate surface area is 293 Å². The zero-order valence-corrected chi connectivity index (χ0v) is 28.0. The topological polar surface area (TPSA) is 40.3 Å². The zero-order chi connectivity index (χ0) is 34.1. The lowest BCUT2D eigenvalue weighted by atomic mass is 10.0. The van der Waals surface area contributed by atoms with Gasteiger partial charge in [0.05, 0.1) is 22.1 Å². The summed E-state index contributed by atoms with van der Waals surface area (Å²) in [5.41, 5.74) is 13.7. The number of fused-ring (bicyclic) bond motifs is 10. The molecule has 0 radical (unpaired) electrons. The van der Waals surface area contributed by atoms with E-state index in [1.807, 2.05) is 30.3 Å². The zero-order valence-electron chi connectivity index (χ0n) is 28.0. The number of nitrogens with zero attached hydrogens (tertiary/aromatic N) is 4. The molecule has 0 aliphatic rings. The highest BCUT2D eigenvalue weighted by atomic mass is 16.3. The molecule has 0 unspecified atom stereocenters. The van der Waals surface area contributed by atoms with Gasteiger partial charge in [0.25, 0.3) is 0 Å². The third-order valence-corrected chi connectivity index (χ3v) is 10.0. The predicted molar refractivity (Wildman–Crippen MR) is 212 cm³/mol. The molecule has 10 aromatic rings. The summed E-state index contributed by atoms with van der Waals surface area (Å²) in [7, 11) is 0. The molecule has 6 aromatic carbocycles. The maximum Gasteiger partial charge on any atom is 0.234 e. The average Bonchev–Trinajstić information content (AvgIpc) is 3.91. The van der Waals surface area contributed by atoms with Crippen LogP contribution in [0, 0.1) is 0 Å². The van der Waals surface area contributed by atoms with E-state index in [1.165, 1.54) is 32.9 Å². The van der Waals surface area contributed by atoms with Gasteiger partial charge in [0.15, 0.2) is 0 Å². The van der Waals surface area contributed by atoms with E-state index >= 15 is 0 Å². The Morgan fingerprint density at radius 3 is 2.12 bits per heavy atom. The van der Waals surface area contributed by atoms with Crippen LogP contribution in [-0.2, 0) is 0 Å². The number of allylic oxidation sites excluding steroid dienone is 5. The molecule has 0 aliphatic carbocycles. The van der Waals surface area contributed by atoms with E-state index in [9.17, 15) is 0 Å². The van der Waals surface area contributed by atoms with Crippen molar-refractivity contribution in [1.29, 1.82) is 0 Å². The number of benzene rings is 6. The van der Waals surface area contributed by atoms with Gasteiger partial charge in [-0.3, -0.25) is 4.57 Å². The fraction of sp³-hybridized carbons (Fsp3) is 0.0217. The highest BCUT2D eigenvalue weighted by Gasteiger charge is 2.22. The van der Waals surface area contributed by atoms with Crippen molar-refractivity contribution in [3.05, 3.63) is 176 Å². The van der Waals surface area contributed by atoms with Crippen molar-refractivity contribution in [3.8, 4) is 22.5 Å². The van der Waals surface area contributed by atoms with E-state index in [1.54, 1.807) is 6.08 Å². The standard InChI is InChI=1S/C46H32N4O/c1-3-5-13-30(4-2)31-20-24-35(25-21-31)48-39-18-11-9-16-36(39)38-28-32(22-26-40(38)48)33-23-27-41-42(29-33)49(34-14-7-6-8-15-34)46-47-44-37-17-10-12-19-43(37)51-45(44)50(41)46/h3-29H,1H2,2H3/b13-5-,30-4+. The number of imidazole rings is 2. The third kappa shape index (κ3) is 4.38. The summed E-state index contributed by atoms with van der Waals surface area (Å²) < 4.78 is 13.2. The predicted octanol–water partition coefficient (Wildman–Crippen LogP) is 12.1. The van der Waals surface area contributed by atoms with E-state index in [-0.39, 0.29) is 0 Å². The van der Waals surface area contributed by atoms with Gasteiger partial charge >= 0.3 is 0 Å². The largest absolute Gasteiger partial charge is 0.437 e. The Bertz CT molecular complexity index is 3040. The summed E-state index contributed by atoms with van der Waals surface area (Å²) in [6.45, 7) is 5.88. The van der Waals surface area contributed by atoms with Crippen molar-refractivity contribution in [1.82, 2.24) is 18.5 Å². The second-order valence-electron chi connectivity index (χ2n) is 12.8. The van der Waals surface area contributed by atoms with Crippen LogP contribution < -0.4 is 0 Å². The van der Waals surface area contributed by atoms with Crippen molar-refractivity contribution >= 4 is 66.4 Å². The van der Waals surface area contributed by atoms with Gasteiger partial charge in [-0.25, -0.2) is 9.38 Å². The van der Waals surface area contributed by atoms with Crippen LogP contribution in [0.3, 0.4) is 0 Å². The molecular weight excluding hydrogens is 625 g/mol. The minimum absolute atomic E-state index is 0.760. The minimum atomic E-state index is 0.760. The molecule has 51 heavy (non-hydrogen) atoms. The lowest BCUT2D eigenvalue weighted by Gasteiger charge is -2.10. The Kier molecular flexibility index (Phi) is 6.48. The molecule has 0 bridgehead atoms. The maximum atomic E-state index is 6.42. The summed E-state index contributed by atoms with van der Waals surface area (Å²) in [6, 6.07) is 49.6. The van der Waals surface area contributed by atoms with Crippen LogP contribution >= 0.6 is 0 Å². The van der Waals surface area contributed by atoms with Crippen LogP contribution in [0.4, 0.5) is 0 Å². The van der Waals surface area contributed by atoms with Gasteiger partial charge < -0.3 is 8.98 Å². The van der Waals surface area contributed by atoms with Crippen LogP contribution in [0.15, 0.2) is 175 Å². The fourth-order valence-corrected chi connectivity index (χ4v) is 7.66. The Hall–Kier alpha value is -6.85. The first-order chi connectivity index (χ1) is 25.2. The molecule has 0 saturated heterocycles. The van der Waals surface area contributed by atoms with Crippen LogP contribution in [-0.4, -0.2) is 18.5 Å².